The van der Waals surface area contributed by atoms with Gasteiger partial charge in [-0.2, -0.15) is 0 Å². The third-order valence-electron chi connectivity index (χ3n) is 4.06. The lowest BCUT2D eigenvalue weighted by Crippen LogP contribution is -2.40. The van der Waals surface area contributed by atoms with Gasteiger partial charge in [-0.1, -0.05) is 12.8 Å². The Bertz CT molecular complexity index is 523. The molecule has 106 valence electrons. The fourth-order valence-electron chi connectivity index (χ4n) is 3.06. The van der Waals surface area contributed by atoms with E-state index in [9.17, 15) is 14.0 Å². The average molecular weight is 276 g/mol. The van der Waals surface area contributed by atoms with Crippen LogP contribution in [0.25, 0.3) is 0 Å². The number of benzene rings is 1. The van der Waals surface area contributed by atoms with E-state index >= 15 is 0 Å². The summed E-state index contributed by atoms with van der Waals surface area (Å²) in [5.41, 5.74) is 0.658. The van der Waals surface area contributed by atoms with Crippen LogP contribution in [0.4, 0.5) is 10.1 Å². The van der Waals surface area contributed by atoms with Gasteiger partial charge in [-0.25, -0.2) is 4.39 Å². The Hall–Kier alpha value is -1.91. The Morgan fingerprint density at radius 2 is 1.75 bits per heavy atom. The molecule has 1 atom stereocenters. The zero-order valence-electron chi connectivity index (χ0n) is 11.1. The SMILES string of the molecule is O=C1C[C@@H](Nc2ccc(F)cc2)C(=O)N1C1CCCC1. The molecule has 3 rings (SSSR count). The van der Waals surface area contributed by atoms with Crippen LogP contribution in [0.1, 0.15) is 32.1 Å². The summed E-state index contributed by atoms with van der Waals surface area (Å²) in [5, 5.41) is 3.02. The number of nitrogens with one attached hydrogen (secondary N) is 1. The van der Waals surface area contributed by atoms with Crippen molar-refractivity contribution in [1.29, 1.82) is 0 Å². The minimum Gasteiger partial charge on any atom is -0.373 e. The lowest BCUT2D eigenvalue weighted by molar-refractivity contribution is -0.141. The molecule has 0 radical (unpaired) electrons. The first-order chi connectivity index (χ1) is 9.65. The number of amides is 2. The summed E-state index contributed by atoms with van der Waals surface area (Å²) in [6.45, 7) is 0. The maximum Gasteiger partial charge on any atom is 0.252 e. The number of anilines is 1. The molecule has 1 saturated heterocycles. The molecular formula is C15H17FN2O2. The van der Waals surface area contributed by atoms with Gasteiger partial charge < -0.3 is 5.32 Å². The van der Waals surface area contributed by atoms with Gasteiger partial charge in [-0.3, -0.25) is 14.5 Å². The second kappa shape index (κ2) is 5.23. The molecule has 1 heterocycles. The summed E-state index contributed by atoms with van der Waals surface area (Å²) in [6, 6.07) is 5.37. The summed E-state index contributed by atoms with van der Waals surface area (Å²) in [7, 11) is 0. The normalized spacial score (nSPS) is 23.6. The first-order valence-corrected chi connectivity index (χ1v) is 7.03. The van der Waals surface area contributed by atoms with Crippen molar-refractivity contribution in [3.63, 3.8) is 0 Å². The van der Waals surface area contributed by atoms with E-state index in [2.05, 4.69) is 5.32 Å². The highest BCUT2D eigenvalue weighted by atomic mass is 19.1. The van der Waals surface area contributed by atoms with Crippen LogP contribution < -0.4 is 5.32 Å². The summed E-state index contributed by atoms with van der Waals surface area (Å²) < 4.78 is 12.8. The second-order valence-electron chi connectivity index (χ2n) is 5.45. The molecule has 20 heavy (non-hydrogen) atoms. The van der Waals surface area contributed by atoms with Crippen molar-refractivity contribution in [3.05, 3.63) is 30.1 Å². The maximum absolute atomic E-state index is 12.8. The Morgan fingerprint density at radius 3 is 2.40 bits per heavy atom. The van der Waals surface area contributed by atoms with Crippen molar-refractivity contribution in [2.24, 2.45) is 0 Å². The van der Waals surface area contributed by atoms with Gasteiger partial charge in [0.15, 0.2) is 0 Å². The molecule has 0 bridgehead atoms. The Morgan fingerprint density at radius 1 is 1.10 bits per heavy atom. The number of likely N-dealkylation sites (tertiary alicyclic amines) is 1. The quantitative estimate of drug-likeness (QED) is 0.862. The minimum absolute atomic E-state index is 0.0787. The first-order valence-electron chi connectivity index (χ1n) is 7.03. The minimum atomic E-state index is -0.520. The summed E-state index contributed by atoms with van der Waals surface area (Å²) >= 11 is 0. The van der Waals surface area contributed by atoms with Crippen molar-refractivity contribution in [1.82, 2.24) is 4.90 Å². The van der Waals surface area contributed by atoms with Crippen LogP contribution in [0, 0.1) is 5.82 Å². The fourth-order valence-corrected chi connectivity index (χ4v) is 3.06. The molecule has 1 aromatic rings. The fraction of sp³-hybridized carbons (Fsp3) is 0.467. The number of carbonyl (C=O) groups excluding carboxylic acids is 2. The number of hydrogen-bond donors (Lipinski definition) is 1. The van der Waals surface area contributed by atoms with Crippen molar-refractivity contribution in [2.75, 3.05) is 5.32 Å². The lowest BCUT2D eigenvalue weighted by Gasteiger charge is -2.22. The average Bonchev–Trinajstić information content (AvgIpc) is 3.02. The monoisotopic (exact) mass is 276 g/mol. The van der Waals surface area contributed by atoms with E-state index in [1.165, 1.54) is 17.0 Å². The van der Waals surface area contributed by atoms with Crippen LogP contribution in [0.3, 0.4) is 0 Å². The number of imide groups is 1. The molecule has 5 heteroatoms. The Labute approximate surface area is 117 Å². The maximum atomic E-state index is 12.8. The molecule has 1 aliphatic heterocycles. The van der Waals surface area contributed by atoms with Crippen LogP contribution in [0.5, 0.6) is 0 Å². The van der Waals surface area contributed by atoms with Crippen molar-refractivity contribution in [3.8, 4) is 0 Å². The van der Waals surface area contributed by atoms with Crippen LogP contribution in [0.2, 0.25) is 0 Å². The van der Waals surface area contributed by atoms with E-state index in [1.807, 2.05) is 0 Å². The standard InChI is InChI=1S/C15H17FN2O2/c16-10-5-7-11(8-6-10)17-13-9-14(19)18(15(13)20)12-3-1-2-4-12/h5-8,12-13,17H,1-4,9H2/t13-/m1/s1. The highest BCUT2D eigenvalue weighted by Gasteiger charge is 2.42. The summed E-state index contributed by atoms with van der Waals surface area (Å²) in [5.74, 6) is -0.565. The number of rotatable bonds is 3. The van der Waals surface area contributed by atoms with Crippen molar-refractivity contribution < 1.29 is 14.0 Å². The number of halogens is 1. The third-order valence-corrected chi connectivity index (χ3v) is 4.06. The van der Waals surface area contributed by atoms with Gasteiger partial charge in [-0.15, -0.1) is 0 Å². The molecular weight excluding hydrogens is 259 g/mol. The molecule has 2 fully saturated rings. The van der Waals surface area contributed by atoms with Crippen LogP contribution in [0.15, 0.2) is 24.3 Å². The van der Waals surface area contributed by atoms with E-state index in [4.69, 9.17) is 0 Å². The highest BCUT2D eigenvalue weighted by molar-refractivity contribution is 6.07. The molecule has 0 unspecified atom stereocenters. The zero-order valence-corrected chi connectivity index (χ0v) is 11.1. The van der Waals surface area contributed by atoms with Gasteiger partial charge in [0.05, 0.1) is 6.42 Å². The van der Waals surface area contributed by atoms with Gasteiger partial charge in [-0.05, 0) is 37.1 Å². The van der Waals surface area contributed by atoms with Gasteiger partial charge >= 0.3 is 0 Å². The topological polar surface area (TPSA) is 49.4 Å². The second-order valence-corrected chi connectivity index (χ2v) is 5.45. The van der Waals surface area contributed by atoms with Crippen LogP contribution in [-0.4, -0.2) is 28.8 Å². The molecule has 4 nitrogen and oxygen atoms in total. The number of nitrogens with zero attached hydrogens (tertiary/aromatic N) is 1. The van der Waals surface area contributed by atoms with Gasteiger partial charge in [0.1, 0.15) is 11.9 Å². The Kier molecular flexibility index (Phi) is 3.42. The molecule has 0 spiro atoms. The van der Waals surface area contributed by atoms with Gasteiger partial charge in [0.2, 0.25) is 5.91 Å². The molecule has 2 aliphatic rings. The predicted octanol–water partition coefficient (Wildman–Crippen LogP) is 2.31. The largest absolute Gasteiger partial charge is 0.373 e. The Balaban J connectivity index is 1.70. The first kappa shape index (κ1) is 13.1. The smallest absolute Gasteiger partial charge is 0.252 e. The van der Waals surface area contributed by atoms with E-state index in [0.29, 0.717) is 5.69 Å². The number of carbonyl (C=O) groups is 2. The molecule has 2 amide bonds. The lowest BCUT2D eigenvalue weighted by atomic mass is 10.2. The van der Waals surface area contributed by atoms with Gasteiger partial charge in [0.25, 0.3) is 5.91 Å². The predicted molar refractivity (Wildman–Crippen MR) is 72.5 cm³/mol. The molecule has 1 saturated carbocycles. The van der Waals surface area contributed by atoms with Crippen LogP contribution >= 0.6 is 0 Å². The summed E-state index contributed by atoms with van der Waals surface area (Å²) in [6.07, 6.45) is 4.18. The highest BCUT2D eigenvalue weighted by Crippen LogP contribution is 2.29. The molecule has 1 aromatic carbocycles. The van der Waals surface area contributed by atoms with Gasteiger partial charge in [0, 0.05) is 11.7 Å². The molecule has 1 aliphatic carbocycles. The van der Waals surface area contributed by atoms with Crippen molar-refractivity contribution in [2.45, 2.75) is 44.2 Å². The van der Waals surface area contributed by atoms with Crippen LogP contribution in [-0.2, 0) is 9.59 Å². The van der Waals surface area contributed by atoms with E-state index in [-0.39, 0.29) is 30.1 Å². The number of hydrogen-bond acceptors (Lipinski definition) is 3. The van der Waals surface area contributed by atoms with E-state index < -0.39 is 6.04 Å². The zero-order chi connectivity index (χ0) is 14.1. The van der Waals surface area contributed by atoms with E-state index in [1.54, 1.807) is 12.1 Å². The third kappa shape index (κ3) is 2.40. The van der Waals surface area contributed by atoms with Crippen molar-refractivity contribution >= 4 is 17.5 Å². The van der Waals surface area contributed by atoms with E-state index in [0.717, 1.165) is 25.7 Å². The summed E-state index contributed by atoms with van der Waals surface area (Å²) in [4.78, 5) is 25.8. The molecule has 0 aromatic heterocycles. The molecule has 1 N–H and O–H groups in total.